The molecule has 6 nitrogen and oxygen atoms in total. The molecule has 3 aromatic heterocycles. The minimum absolute atomic E-state index is 0.0122. The number of hydrogen-bond acceptors (Lipinski definition) is 5. The van der Waals surface area contributed by atoms with Gasteiger partial charge < -0.3 is 4.90 Å². The maximum absolute atomic E-state index is 12.5. The fourth-order valence-corrected chi connectivity index (χ4v) is 3.89. The Hall–Kier alpha value is -2.80. The Kier molecular flexibility index (Phi) is 4.62. The molecule has 132 valence electrons. The highest BCUT2D eigenvalue weighted by molar-refractivity contribution is 7.08. The van der Waals surface area contributed by atoms with Crippen molar-refractivity contribution in [2.24, 2.45) is 0 Å². The van der Waals surface area contributed by atoms with Gasteiger partial charge in [0.15, 0.2) is 0 Å². The zero-order chi connectivity index (χ0) is 17.9. The molecule has 1 amide bonds. The van der Waals surface area contributed by atoms with Gasteiger partial charge in [0.25, 0.3) is 11.5 Å². The molecule has 0 aliphatic carbocycles. The lowest BCUT2D eigenvalue weighted by Gasteiger charge is -2.32. The van der Waals surface area contributed by atoms with Gasteiger partial charge in [0, 0.05) is 48.1 Å². The van der Waals surface area contributed by atoms with E-state index in [0.29, 0.717) is 18.7 Å². The molecular formula is C19H18N4O2S. The SMILES string of the molecule is O=C(c1ccncc1)N1CCC(n2nc(-c3ccsc3)ccc2=O)CC1. The van der Waals surface area contributed by atoms with E-state index in [9.17, 15) is 9.59 Å². The van der Waals surface area contributed by atoms with E-state index in [1.807, 2.05) is 21.7 Å². The smallest absolute Gasteiger partial charge is 0.267 e. The molecule has 0 aromatic carbocycles. The van der Waals surface area contributed by atoms with E-state index in [1.54, 1.807) is 52.7 Å². The van der Waals surface area contributed by atoms with E-state index in [-0.39, 0.29) is 17.5 Å². The number of aromatic nitrogens is 3. The molecule has 0 bridgehead atoms. The summed E-state index contributed by atoms with van der Waals surface area (Å²) in [6, 6.07) is 8.81. The van der Waals surface area contributed by atoms with Gasteiger partial charge in [-0.2, -0.15) is 16.4 Å². The second kappa shape index (κ2) is 7.21. The van der Waals surface area contributed by atoms with Crippen molar-refractivity contribution < 1.29 is 4.79 Å². The molecular weight excluding hydrogens is 348 g/mol. The normalized spacial score (nSPS) is 15.2. The first-order chi connectivity index (χ1) is 12.7. The Balaban J connectivity index is 1.49. The number of rotatable bonds is 3. The van der Waals surface area contributed by atoms with Crippen LogP contribution in [0.3, 0.4) is 0 Å². The van der Waals surface area contributed by atoms with Crippen molar-refractivity contribution in [2.75, 3.05) is 13.1 Å². The molecule has 26 heavy (non-hydrogen) atoms. The summed E-state index contributed by atoms with van der Waals surface area (Å²) in [4.78, 5) is 30.6. The van der Waals surface area contributed by atoms with Crippen molar-refractivity contribution in [3.8, 4) is 11.3 Å². The van der Waals surface area contributed by atoms with Crippen LogP contribution in [-0.4, -0.2) is 38.7 Å². The third kappa shape index (κ3) is 3.30. The lowest BCUT2D eigenvalue weighted by Crippen LogP contribution is -2.41. The van der Waals surface area contributed by atoms with E-state index < -0.39 is 0 Å². The number of likely N-dealkylation sites (tertiary alicyclic amines) is 1. The van der Waals surface area contributed by atoms with Crippen LogP contribution in [0.1, 0.15) is 29.2 Å². The zero-order valence-corrected chi connectivity index (χ0v) is 14.9. The van der Waals surface area contributed by atoms with Crippen LogP contribution in [-0.2, 0) is 0 Å². The van der Waals surface area contributed by atoms with Crippen LogP contribution < -0.4 is 5.56 Å². The fourth-order valence-electron chi connectivity index (χ4n) is 3.24. The molecule has 0 N–H and O–H groups in total. The van der Waals surface area contributed by atoms with Crippen LogP contribution in [0.4, 0.5) is 0 Å². The molecule has 3 aromatic rings. The Morgan fingerprint density at radius 3 is 2.54 bits per heavy atom. The molecule has 0 unspecified atom stereocenters. The third-order valence-electron chi connectivity index (χ3n) is 4.67. The van der Waals surface area contributed by atoms with Crippen LogP contribution in [0.5, 0.6) is 0 Å². The van der Waals surface area contributed by atoms with Gasteiger partial charge in [0.05, 0.1) is 11.7 Å². The van der Waals surface area contributed by atoms with Gasteiger partial charge in [-0.25, -0.2) is 4.68 Å². The van der Waals surface area contributed by atoms with Gasteiger partial charge in [-0.1, -0.05) is 0 Å². The quantitative estimate of drug-likeness (QED) is 0.715. The summed E-state index contributed by atoms with van der Waals surface area (Å²) >= 11 is 1.61. The van der Waals surface area contributed by atoms with Crippen molar-refractivity contribution >= 4 is 17.2 Å². The second-order valence-corrected chi connectivity index (χ2v) is 7.05. The summed E-state index contributed by atoms with van der Waals surface area (Å²) in [6.07, 6.45) is 4.69. The molecule has 0 atom stereocenters. The maximum Gasteiger partial charge on any atom is 0.267 e. The summed E-state index contributed by atoms with van der Waals surface area (Å²) in [5, 5.41) is 8.58. The molecule has 0 spiro atoms. The van der Waals surface area contributed by atoms with E-state index in [1.165, 1.54) is 0 Å². The number of piperidine rings is 1. The summed E-state index contributed by atoms with van der Waals surface area (Å²) < 4.78 is 1.58. The highest BCUT2D eigenvalue weighted by Crippen LogP contribution is 2.24. The fraction of sp³-hybridized carbons (Fsp3) is 0.263. The standard InChI is InChI=1S/C19H18N4O2S/c24-18-2-1-17(15-7-12-26-13-15)21-23(18)16-5-10-22(11-6-16)19(25)14-3-8-20-9-4-14/h1-4,7-9,12-13,16H,5-6,10-11H2. The van der Waals surface area contributed by atoms with E-state index in [4.69, 9.17) is 0 Å². The molecule has 1 aliphatic heterocycles. The summed E-state index contributed by atoms with van der Waals surface area (Å²) in [5.41, 5.74) is 2.38. The van der Waals surface area contributed by atoms with Crippen LogP contribution in [0, 0.1) is 0 Å². The first-order valence-corrected chi connectivity index (χ1v) is 9.48. The Morgan fingerprint density at radius 2 is 1.85 bits per heavy atom. The number of amides is 1. The van der Waals surface area contributed by atoms with Gasteiger partial charge >= 0.3 is 0 Å². The molecule has 4 rings (SSSR count). The van der Waals surface area contributed by atoms with Gasteiger partial charge in [0.1, 0.15) is 0 Å². The lowest BCUT2D eigenvalue weighted by molar-refractivity contribution is 0.0688. The molecule has 7 heteroatoms. The third-order valence-corrected chi connectivity index (χ3v) is 5.35. The number of thiophene rings is 1. The lowest BCUT2D eigenvalue weighted by atomic mass is 10.0. The largest absolute Gasteiger partial charge is 0.338 e. The topological polar surface area (TPSA) is 68.1 Å². The minimum Gasteiger partial charge on any atom is -0.338 e. The average Bonchev–Trinajstić information content (AvgIpc) is 3.23. The summed E-state index contributed by atoms with van der Waals surface area (Å²) in [7, 11) is 0. The number of pyridine rings is 1. The van der Waals surface area contributed by atoms with Crippen molar-refractivity contribution in [3.05, 3.63) is 69.4 Å². The molecule has 4 heterocycles. The van der Waals surface area contributed by atoms with Crippen LogP contribution in [0.15, 0.2) is 58.3 Å². The second-order valence-electron chi connectivity index (χ2n) is 6.27. The van der Waals surface area contributed by atoms with E-state index >= 15 is 0 Å². The number of carbonyl (C=O) groups excluding carboxylic acids is 1. The predicted octanol–water partition coefficient (Wildman–Crippen LogP) is 2.84. The number of carbonyl (C=O) groups is 1. The maximum atomic E-state index is 12.5. The van der Waals surface area contributed by atoms with Crippen LogP contribution >= 0.6 is 11.3 Å². The molecule has 1 fully saturated rings. The highest BCUT2D eigenvalue weighted by Gasteiger charge is 2.25. The first kappa shape index (κ1) is 16.7. The number of nitrogens with zero attached hydrogens (tertiary/aromatic N) is 4. The first-order valence-electron chi connectivity index (χ1n) is 8.54. The summed E-state index contributed by atoms with van der Waals surface area (Å²) in [5.74, 6) is 0.0122. The Bertz CT molecular complexity index is 945. The molecule has 1 saturated heterocycles. The van der Waals surface area contributed by atoms with Gasteiger partial charge in [-0.05, 0) is 42.5 Å². The van der Waals surface area contributed by atoms with Gasteiger partial charge in [-0.3, -0.25) is 14.6 Å². The van der Waals surface area contributed by atoms with Crippen LogP contribution in [0.25, 0.3) is 11.3 Å². The van der Waals surface area contributed by atoms with E-state index in [2.05, 4.69) is 10.1 Å². The minimum atomic E-state index is -0.0945. The monoisotopic (exact) mass is 366 g/mol. The van der Waals surface area contributed by atoms with Crippen molar-refractivity contribution in [2.45, 2.75) is 18.9 Å². The average molecular weight is 366 g/mol. The van der Waals surface area contributed by atoms with Crippen molar-refractivity contribution in [1.29, 1.82) is 0 Å². The van der Waals surface area contributed by atoms with Gasteiger partial charge in [-0.15, -0.1) is 0 Å². The molecule has 1 aliphatic rings. The summed E-state index contributed by atoms with van der Waals surface area (Å²) in [6.45, 7) is 1.23. The molecule has 0 saturated carbocycles. The van der Waals surface area contributed by atoms with Crippen molar-refractivity contribution in [3.63, 3.8) is 0 Å². The van der Waals surface area contributed by atoms with Crippen molar-refractivity contribution in [1.82, 2.24) is 19.7 Å². The Morgan fingerprint density at radius 1 is 1.08 bits per heavy atom. The predicted molar refractivity (Wildman–Crippen MR) is 100 cm³/mol. The zero-order valence-electron chi connectivity index (χ0n) is 14.1. The molecule has 0 radical (unpaired) electrons. The van der Waals surface area contributed by atoms with Gasteiger partial charge in [0.2, 0.25) is 0 Å². The van der Waals surface area contributed by atoms with Crippen LogP contribution in [0.2, 0.25) is 0 Å². The Labute approximate surface area is 154 Å². The number of hydrogen-bond donors (Lipinski definition) is 0. The highest BCUT2D eigenvalue weighted by atomic mass is 32.1. The van der Waals surface area contributed by atoms with E-state index in [0.717, 1.165) is 24.1 Å².